The minimum atomic E-state index is -0.908. The average Bonchev–Trinajstić information content (AvgIpc) is 2.69. The summed E-state index contributed by atoms with van der Waals surface area (Å²) in [6, 6.07) is 7.71. The lowest BCUT2D eigenvalue weighted by Gasteiger charge is -2.33. The molecule has 0 atom stereocenters. The number of carbonyl (C=O) groups excluding carboxylic acids is 1. The molecule has 3 N–H and O–H groups in total. The van der Waals surface area contributed by atoms with Gasteiger partial charge in [-0.3, -0.25) is 9.88 Å². The number of hydrogen-bond acceptors (Lipinski definition) is 4. The highest BCUT2D eigenvalue weighted by Gasteiger charge is 2.20. The van der Waals surface area contributed by atoms with E-state index < -0.39 is 17.9 Å². The van der Waals surface area contributed by atoms with Crippen LogP contribution in [0.2, 0.25) is 0 Å². The lowest BCUT2D eigenvalue weighted by molar-refractivity contribution is 0.106. The summed E-state index contributed by atoms with van der Waals surface area (Å²) in [4.78, 5) is 30.4. The molecule has 9 heteroatoms. The maximum absolute atomic E-state index is 14.7. The number of nitrogens with zero attached hydrogens (tertiary/aromatic N) is 3. The van der Waals surface area contributed by atoms with Crippen LogP contribution in [0.25, 0.3) is 0 Å². The summed E-state index contributed by atoms with van der Waals surface area (Å²) in [5.41, 5.74) is 1.12. The summed E-state index contributed by atoms with van der Waals surface area (Å²) in [6.45, 7) is 2.77. The van der Waals surface area contributed by atoms with E-state index in [1.165, 1.54) is 17.2 Å². The fourth-order valence-corrected chi connectivity index (χ4v) is 3.03. The van der Waals surface area contributed by atoms with Crippen LogP contribution in [0.4, 0.5) is 25.4 Å². The van der Waals surface area contributed by atoms with Gasteiger partial charge in [-0.1, -0.05) is 12.1 Å². The van der Waals surface area contributed by atoms with Crippen LogP contribution < -0.4 is 10.6 Å². The minimum absolute atomic E-state index is 0.106. The van der Waals surface area contributed by atoms with E-state index in [-0.39, 0.29) is 5.69 Å². The number of piperazine rings is 1. The Hall–Kier alpha value is -3.20. The van der Waals surface area contributed by atoms with E-state index in [0.717, 1.165) is 0 Å². The first-order valence-corrected chi connectivity index (χ1v) is 8.98. The molecule has 2 heterocycles. The van der Waals surface area contributed by atoms with E-state index in [9.17, 15) is 14.0 Å². The third-order valence-corrected chi connectivity index (χ3v) is 4.59. The van der Waals surface area contributed by atoms with Gasteiger partial charge in [0.2, 0.25) is 0 Å². The minimum Gasteiger partial charge on any atom is -0.465 e. The van der Waals surface area contributed by atoms with Crippen molar-refractivity contribution in [3.8, 4) is 0 Å². The molecular weight excluding hydrogens is 365 g/mol. The number of nitrogens with one attached hydrogen (secondary N) is 2. The molecule has 0 radical (unpaired) electrons. The summed E-state index contributed by atoms with van der Waals surface area (Å²) in [6.07, 6.45) is 2.65. The van der Waals surface area contributed by atoms with Crippen molar-refractivity contribution in [1.82, 2.24) is 14.8 Å². The molecule has 1 aliphatic rings. The van der Waals surface area contributed by atoms with Gasteiger partial charge in [0.05, 0.1) is 17.6 Å². The van der Waals surface area contributed by atoms with Gasteiger partial charge in [-0.25, -0.2) is 14.0 Å². The average molecular weight is 387 g/mol. The van der Waals surface area contributed by atoms with Crippen molar-refractivity contribution >= 4 is 23.5 Å². The van der Waals surface area contributed by atoms with Crippen LogP contribution in [-0.4, -0.2) is 64.7 Å². The number of rotatable bonds is 5. The number of anilines is 2. The predicted molar refractivity (Wildman–Crippen MR) is 103 cm³/mol. The first kappa shape index (κ1) is 19.6. The number of carboxylic acid groups (broad SMARTS) is 1. The van der Waals surface area contributed by atoms with E-state index >= 15 is 0 Å². The van der Waals surface area contributed by atoms with Gasteiger partial charge in [0.1, 0.15) is 5.82 Å². The molecule has 148 valence electrons. The predicted octanol–water partition coefficient (Wildman–Crippen LogP) is 2.70. The van der Waals surface area contributed by atoms with Crippen LogP contribution in [0.5, 0.6) is 0 Å². The van der Waals surface area contributed by atoms with E-state index in [4.69, 9.17) is 5.11 Å². The van der Waals surface area contributed by atoms with Gasteiger partial charge in [-0.05, 0) is 30.2 Å². The molecule has 2 aromatic rings. The van der Waals surface area contributed by atoms with Gasteiger partial charge >= 0.3 is 12.1 Å². The molecule has 1 saturated heterocycles. The second-order valence-electron chi connectivity index (χ2n) is 6.46. The normalized spacial score (nSPS) is 14.5. The van der Waals surface area contributed by atoms with Gasteiger partial charge in [-0.2, -0.15) is 0 Å². The van der Waals surface area contributed by atoms with Gasteiger partial charge < -0.3 is 20.6 Å². The highest BCUT2D eigenvalue weighted by molar-refractivity contribution is 5.99. The van der Waals surface area contributed by atoms with Crippen LogP contribution in [0, 0.1) is 5.82 Å². The Morgan fingerprint density at radius 3 is 2.57 bits per heavy atom. The van der Waals surface area contributed by atoms with E-state index in [2.05, 4.69) is 20.5 Å². The third kappa shape index (κ3) is 5.17. The Bertz CT molecular complexity index is 826. The van der Waals surface area contributed by atoms with Crippen LogP contribution in [0.1, 0.15) is 5.56 Å². The molecular formula is C19H22FN5O3. The summed E-state index contributed by atoms with van der Waals surface area (Å²) >= 11 is 0. The van der Waals surface area contributed by atoms with Crippen molar-refractivity contribution in [2.75, 3.05) is 43.4 Å². The molecule has 8 nitrogen and oxygen atoms in total. The molecule has 0 unspecified atom stereocenters. The zero-order valence-corrected chi connectivity index (χ0v) is 15.3. The summed E-state index contributed by atoms with van der Waals surface area (Å²) in [5.74, 6) is -0.465. The molecule has 1 aromatic heterocycles. The standard InChI is InChI=1S/C19H22FN5O3/c20-17-14(6-8-24-9-11-25(12-10-24)19(27)28)3-1-5-16(17)23-18(26)22-15-4-2-7-21-13-15/h1-5,7,13H,6,8-12H2,(H,27,28)(H2,22,23,26). The Morgan fingerprint density at radius 1 is 1.11 bits per heavy atom. The highest BCUT2D eigenvalue weighted by atomic mass is 19.1. The Kier molecular flexibility index (Phi) is 6.38. The van der Waals surface area contributed by atoms with Crippen molar-refractivity contribution in [3.63, 3.8) is 0 Å². The zero-order chi connectivity index (χ0) is 19.9. The van der Waals surface area contributed by atoms with Crippen LogP contribution in [-0.2, 0) is 6.42 Å². The Balaban J connectivity index is 1.54. The Morgan fingerprint density at radius 2 is 1.89 bits per heavy atom. The molecule has 3 amide bonds. The van der Waals surface area contributed by atoms with Gasteiger partial charge in [0.25, 0.3) is 0 Å². The number of halogens is 1. The fraction of sp³-hybridized carbons (Fsp3) is 0.316. The first-order chi connectivity index (χ1) is 13.5. The molecule has 1 aliphatic heterocycles. The van der Waals surface area contributed by atoms with Gasteiger partial charge in [0, 0.05) is 38.9 Å². The van der Waals surface area contributed by atoms with Crippen molar-refractivity contribution < 1.29 is 19.1 Å². The molecule has 0 aliphatic carbocycles. The number of aromatic nitrogens is 1. The highest BCUT2D eigenvalue weighted by Crippen LogP contribution is 2.19. The molecule has 1 aromatic carbocycles. The molecule has 28 heavy (non-hydrogen) atoms. The van der Waals surface area contributed by atoms with E-state index in [1.807, 2.05) is 0 Å². The van der Waals surface area contributed by atoms with Crippen LogP contribution in [0.15, 0.2) is 42.7 Å². The number of hydrogen-bond donors (Lipinski definition) is 3. The summed E-state index contributed by atoms with van der Waals surface area (Å²) in [7, 11) is 0. The largest absolute Gasteiger partial charge is 0.465 e. The van der Waals surface area contributed by atoms with Crippen molar-refractivity contribution in [2.24, 2.45) is 0 Å². The lowest BCUT2D eigenvalue weighted by atomic mass is 10.1. The van der Waals surface area contributed by atoms with Crippen molar-refractivity contribution in [1.29, 1.82) is 0 Å². The number of carbonyl (C=O) groups is 2. The molecule has 0 bridgehead atoms. The second-order valence-corrected chi connectivity index (χ2v) is 6.46. The van der Waals surface area contributed by atoms with Crippen molar-refractivity contribution in [3.05, 3.63) is 54.1 Å². The fourth-order valence-electron chi connectivity index (χ4n) is 3.03. The number of amides is 3. The van der Waals surface area contributed by atoms with Crippen molar-refractivity contribution in [2.45, 2.75) is 6.42 Å². The third-order valence-electron chi connectivity index (χ3n) is 4.59. The van der Waals surface area contributed by atoms with E-state index in [1.54, 1.807) is 30.5 Å². The topological polar surface area (TPSA) is 97.8 Å². The lowest BCUT2D eigenvalue weighted by Crippen LogP contribution is -2.48. The first-order valence-electron chi connectivity index (χ1n) is 8.98. The van der Waals surface area contributed by atoms with E-state index in [0.29, 0.717) is 50.4 Å². The maximum atomic E-state index is 14.7. The van der Waals surface area contributed by atoms with Gasteiger partial charge in [0.15, 0.2) is 0 Å². The van der Waals surface area contributed by atoms with Crippen LogP contribution in [0.3, 0.4) is 0 Å². The van der Waals surface area contributed by atoms with Crippen LogP contribution >= 0.6 is 0 Å². The molecule has 0 spiro atoms. The quantitative estimate of drug-likeness (QED) is 0.733. The smallest absolute Gasteiger partial charge is 0.407 e. The zero-order valence-electron chi connectivity index (χ0n) is 15.3. The number of benzene rings is 1. The van der Waals surface area contributed by atoms with Gasteiger partial charge in [-0.15, -0.1) is 0 Å². The Labute approximate surface area is 162 Å². The maximum Gasteiger partial charge on any atom is 0.407 e. The second kappa shape index (κ2) is 9.14. The summed E-state index contributed by atoms with van der Waals surface area (Å²) in [5, 5.41) is 14.1. The summed E-state index contributed by atoms with van der Waals surface area (Å²) < 4.78 is 14.7. The monoisotopic (exact) mass is 387 g/mol. The molecule has 3 rings (SSSR count). The SMILES string of the molecule is O=C(Nc1cccnc1)Nc1cccc(CCN2CCN(C(=O)O)CC2)c1F. The number of urea groups is 1. The molecule has 1 fully saturated rings. The molecule has 0 saturated carbocycles. The number of pyridine rings is 1.